The summed E-state index contributed by atoms with van der Waals surface area (Å²) in [6.07, 6.45) is 0. The topological polar surface area (TPSA) is 102 Å². The molecule has 0 radical (unpaired) electrons. The number of halogens is 1. The normalized spacial score (nSPS) is 10.3. The minimum absolute atomic E-state index is 0.291. The number of aromatic nitrogens is 1. The van der Waals surface area contributed by atoms with E-state index in [1.807, 2.05) is 0 Å². The Hall–Kier alpha value is -3.30. The van der Waals surface area contributed by atoms with Gasteiger partial charge in [-0.15, -0.1) is 0 Å². The smallest absolute Gasteiger partial charge is 0.325 e. The highest BCUT2D eigenvalue weighted by molar-refractivity contribution is 7.17. The first kappa shape index (κ1) is 21.4. The number of aryl methyl sites for hydroxylation is 1. The first-order chi connectivity index (χ1) is 14.4. The fraction of sp³-hybridized carbons (Fsp3) is 0.150. The number of carbonyl (C=O) groups excluding carboxylic acids is 2. The van der Waals surface area contributed by atoms with Crippen molar-refractivity contribution in [2.45, 2.75) is 6.92 Å². The van der Waals surface area contributed by atoms with Gasteiger partial charge in [0.15, 0.2) is 5.13 Å². The number of thiazole rings is 1. The molecule has 3 N–H and O–H groups in total. The predicted octanol–water partition coefficient (Wildman–Crippen LogP) is 5.02. The average Bonchev–Trinajstić information content (AvgIpc) is 3.08. The molecule has 1 aromatic heterocycles. The van der Waals surface area contributed by atoms with E-state index in [4.69, 9.17) is 21.1 Å². The molecule has 3 rings (SSSR count). The Kier molecular flexibility index (Phi) is 6.76. The zero-order valence-corrected chi connectivity index (χ0v) is 18.0. The lowest BCUT2D eigenvalue weighted by Crippen LogP contribution is -2.19. The Labute approximate surface area is 182 Å². The summed E-state index contributed by atoms with van der Waals surface area (Å²) in [6, 6.07) is 11.3. The molecule has 3 amide bonds. The van der Waals surface area contributed by atoms with E-state index in [1.165, 1.54) is 7.11 Å². The van der Waals surface area contributed by atoms with Crippen molar-refractivity contribution in [3.05, 3.63) is 58.1 Å². The van der Waals surface area contributed by atoms with E-state index in [0.29, 0.717) is 43.6 Å². The molecule has 2 aromatic carbocycles. The lowest BCUT2D eigenvalue weighted by molar-refractivity contribution is 0.102. The second-order valence-electron chi connectivity index (χ2n) is 6.04. The van der Waals surface area contributed by atoms with Crippen molar-refractivity contribution in [1.82, 2.24) is 4.98 Å². The molecule has 0 atom stereocenters. The molecule has 1 heterocycles. The van der Waals surface area contributed by atoms with Gasteiger partial charge in [0.05, 0.1) is 25.6 Å². The second-order valence-corrected chi connectivity index (χ2v) is 7.48. The van der Waals surface area contributed by atoms with Crippen molar-refractivity contribution in [3.63, 3.8) is 0 Å². The highest BCUT2D eigenvalue weighted by atomic mass is 35.5. The number of hydrogen-bond donors (Lipinski definition) is 3. The standard InChI is InChI=1S/C20H19ClN4O4S/c1-11-17(18(26)24-15-8-7-14(28-2)10-16(15)29-3)30-20(22-11)25-19(27)23-13-6-4-5-12(21)9-13/h4-10H,1-3H3,(H,24,26)(H2,22,23,25,27). The second kappa shape index (κ2) is 9.47. The van der Waals surface area contributed by atoms with Gasteiger partial charge in [-0.1, -0.05) is 29.0 Å². The van der Waals surface area contributed by atoms with Gasteiger partial charge >= 0.3 is 6.03 Å². The first-order valence-corrected chi connectivity index (χ1v) is 9.93. The number of benzene rings is 2. The van der Waals surface area contributed by atoms with Crippen LogP contribution in [0.5, 0.6) is 11.5 Å². The number of anilines is 3. The zero-order valence-electron chi connectivity index (χ0n) is 16.4. The summed E-state index contributed by atoms with van der Waals surface area (Å²) in [5.41, 5.74) is 1.52. The van der Waals surface area contributed by atoms with Crippen LogP contribution in [0.25, 0.3) is 0 Å². The maximum Gasteiger partial charge on any atom is 0.325 e. The van der Waals surface area contributed by atoms with Crippen molar-refractivity contribution in [1.29, 1.82) is 0 Å². The number of methoxy groups -OCH3 is 2. The zero-order chi connectivity index (χ0) is 21.7. The van der Waals surface area contributed by atoms with Gasteiger partial charge < -0.3 is 20.1 Å². The molecule has 0 spiro atoms. The van der Waals surface area contributed by atoms with Crippen LogP contribution < -0.4 is 25.4 Å². The van der Waals surface area contributed by atoms with Crippen molar-refractivity contribution in [2.75, 3.05) is 30.2 Å². The number of carbonyl (C=O) groups is 2. The minimum atomic E-state index is -0.491. The molecule has 0 aliphatic heterocycles. The van der Waals surface area contributed by atoms with E-state index in [9.17, 15) is 9.59 Å². The molecule has 8 nitrogen and oxygen atoms in total. The summed E-state index contributed by atoms with van der Waals surface area (Å²) in [4.78, 5) is 29.5. The monoisotopic (exact) mass is 446 g/mol. The van der Waals surface area contributed by atoms with Crippen LogP contribution in [0.2, 0.25) is 5.02 Å². The van der Waals surface area contributed by atoms with E-state index < -0.39 is 6.03 Å². The molecular weight excluding hydrogens is 428 g/mol. The van der Waals surface area contributed by atoms with E-state index in [2.05, 4.69) is 20.9 Å². The number of ether oxygens (including phenoxy) is 2. The van der Waals surface area contributed by atoms with Gasteiger partial charge in [-0.3, -0.25) is 10.1 Å². The first-order valence-electron chi connectivity index (χ1n) is 8.74. The summed E-state index contributed by atoms with van der Waals surface area (Å²) >= 11 is 6.97. The van der Waals surface area contributed by atoms with Crippen LogP contribution in [0.1, 0.15) is 15.4 Å². The number of amides is 3. The van der Waals surface area contributed by atoms with Crippen LogP contribution in [0.3, 0.4) is 0 Å². The fourth-order valence-corrected chi connectivity index (χ4v) is 3.61. The summed E-state index contributed by atoms with van der Waals surface area (Å²) < 4.78 is 10.5. The molecule has 0 fully saturated rings. The Morgan fingerprint density at radius 1 is 1.03 bits per heavy atom. The average molecular weight is 447 g/mol. The van der Waals surface area contributed by atoms with Gasteiger partial charge in [-0.2, -0.15) is 0 Å². The van der Waals surface area contributed by atoms with Crippen molar-refractivity contribution in [2.24, 2.45) is 0 Å². The van der Waals surface area contributed by atoms with Crippen LogP contribution in [-0.4, -0.2) is 31.1 Å². The Morgan fingerprint density at radius 3 is 2.53 bits per heavy atom. The van der Waals surface area contributed by atoms with E-state index >= 15 is 0 Å². The molecule has 0 aliphatic carbocycles. The SMILES string of the molecule is COc1ccc(NC(=O)c2sc(NC(=O)Nc3cccc(Cl)c3)nc2C)c(OC)c1. The molecule has 0 bridgehead atoms. The third kappa shape index (κ3) is 5.19. The Morgan fingerprint density at radius 2 is 1.83 bits per heavy atom. The van der Waals surface area contributed by atoms with Crippen LogP contribution >= 0.6 is 22.9 Å². The van der Waals surface area contributed by atoms with Gasteiger partial charge in [0.2, 0.25) is 0 Å². The number of nitrogens with one attached hydrogen (secondary N) is 3. The minimum Gasteiger partial charge on any atom is -0.497 e. The molecule has 10 heteroatoms. The molecule has 30 heavy (non-hydrogen) atoms. The number of hydrogen-bond acceptors (Lipinski definition) is 6. The van der Waals surface area contributed by atoms with Crippen molar-refractivity contribution in [3.8, 4) is 11.5 Å². The summed E-state index contributed by atoms with van der Waals surface area (Å²) in [6.45, 7) is 1.69. The van der Waals surface area contributed by atoms with Crippen molar-refractivity contribution < 1.29 is 19.1 Å². The highest BCUT2D eigenvalue weighted by Gasteiger charge is 2.18. The summed E-state index contributed by atoms with van der Waals surface area (Å²) in [5, 5.41) is 8.87. The molecule has 156 valence electrons. The molecular formula is C20H19ClN4O4S. The fourth-order valence-electron chi connectivity index (χ4n) is 2.57. The molecule has 3 aromatic rings. The quantitative estimate of drug-likeness (QED) is 0.493. The van der Waals surface area contributed by atoms with E-state index in [1.54, 1.807) is 56.5 Å². The maximum absolute atomic E-state index is 12.7. The number of urea groups is 1. The highest BCUT2D eigenvalue weighted by Crippen LogP contribution is 2.31. The molecule has 0 unspecified atom stereocenters. The van der Waals surface area contributed by atoms with E-state index in [0.717, 1.165) is 11.3 Å². The van der Waals surface area contributed by atoms with Gasteiger partial charge in [0, 0.05) is 16.8 Å². The van der Waals surface area contributed by atoms with Gasteiger partial charge in [0.25, 0.3) is 5.91 Å². The van der Waals surface area contributed by atoms with Crippen LogP contribution in [0, 0.1) is 6.92 Å². The molecule has 0 aliphatic rings. The third-order valence-corrected chi connectivity index (χ3v) is 5.27. The maximum atomic E-state index is 12.7. The Bertz CT molecular complexity index is 1090. The number of nitrogens with zero attached hydrogens (tertiary/aromatic N) is 1. The van der Waals surface area contributed by atoms with Gasteiger partial charge in [-0.25, -0.2) is 9.78 Å². The van der Waals surface area contributed by atoms with Crippen LogP contribution in [0.4, 0.5) is 21.3 Å². The Balaban J connectivity index is 1.69. The van der Waals surface area contributed by atoms with Crippen molar-refractivity contribution >= 4 is 51.4 Å². The van der Waals surface area contributed by atoms with Gasteiger partial charge in [-0.05, 0) is 37.3 Å². The predicted molar refractivity (Wildman–Crippen MR) is 118 cm³/mol. The van der Waals surface area contributed by atoms with Crippen LogP contribution in [-0.2, 0) is 0 Å². The molecule has 0 saturated carbocycles. The van der Waals surface area contributed by atoms with Gasteiger partial charge in [0.1, 0.15) is 16.4 Å². The number of rotatable bonds is 6. The van der Waals surface area contributed by atoms with E-state index in [-0.39, 0.29) is 5.91 Å². The third-order valence-electron chi connectivity index (χ3n) is 3.96. The largest absolute Gasteiger partial charge is 0.497 e. The lowest BCUT2D eigenvalue weighted by atomic mass is 10.2. The van der Waals surface area contributed by atoms with Crippen LogP contribution in [0.15, 0.2) is 42.5 Å². The molecule has 0 saturated heterocycles. The lowest BCUT2D eigenvalue weighted by Gasteiger charge is -2.11. The summed E-state index contributed by atoms with van der Waals surface area (Å²) in [7, 11) is 3.05. The summed E-state index contributed by atoms with van der Waals surface area (Å²) in [5.74, 6) is 0.705.